The van der Waals surface area contributed by atoms with Crippen molar-refractivity contribution in [1.29, 1.82) is 0 Å². The maximum Gasteiger partial charge on any atom is 0.0814 e. The second kappa shape index (κ2) is 6.14. The van der Waals surface area contributed by atoms with Gasteiger partial charge >= 0.3 is 0 Å². The molecule has 0 saturated heterocycles. The molecule has 1 aromatic heterocycles. The summed E-state index contributed by atoms with van der Waals surface area (Å²) in [5, 5.41) is 0. The molecule has 2 N–H and O–H groups in total. The average molecular weight is 215 g/mol. The Kier molecular flexibility index (Phi) is 5.11. The van der Waals surface area contributed by atoms with Gasteiger partial charge in [0.1, 0.15) is 0 Å². The summed E-state index contributed by atoms with van der Waals surface area (Å²) in [6.45, 7) is 3.89. The van der Waals surface area contributed by atoms with E-state index in [4.69, 9.17) is 15.2 Å². The highest BCUT2D eigenvalue weighted by Gasteiger charge is 2.03. The highest BCUT2D eigenvalue weighted by atomic mass is 32.1. The van der Waals surface area contributed by atoms with Gasteiger partial charge in [0.15, 0.2) is 0 Å². The number of hydrogen-bond acceptors (Lipinski definition) is 4. The number of rotatable bonds is 6. The Balaban J connectivity index is 2.30. The minimum absolute atomic E-state index is 0.142. The fourth-order valence-corrected chi connectivity index (χ4v) is 1.94. The molecule has 0 spiro atoms. The first-order valence-corrected chi connectivity index (χ1v) is 5.46. The Hall–Kier alpha value is -0.420. The third-order valence-electron chi connectivity index (χ3n) is 1.83. The van der Waals surface area contributed by atoms with Gasteiger partial charge in [-0.15, -0.1) is 11.3 Å². The highest BCUT2D eigenvalue weighted by molar-refractivity contribution is 7.11. The van der Waals surface area contributed by atoms with Crippen molar-refractivity contribution in [3.05, 3.63) is 21.9 Å². The van der Waals surface area contributed by atoms with Crippen LogP contribution in [-0.4, -0.2) is 19.8 Å². The van der Waals surface area contributed by atoms with Crippen molar-refractivity contribution in [2.75, 3.05) is 13.7 Å². The van der Waals surface area contributed by atoms with Crippen molar-refractivity contribution in [2.24, 2.45) is 5.73 Å². The predicted molar refractivity (Wildman–Crippen MR) is 58.3 cm³/mol. The zero-order valence-electron chi connectivity index (χ0n) is 8.66. The molecule has 0 aliphatic heterocycles. The molecule has 0 fully saturated rings. The lowest BCUT2D eigenvalue weighted by molar-refractivity contribution is 0.000927. The average Bonchev–Trinajstić information content (AvgIpc) is 2.63. The van der Waals surface area contributed by atoms with Crippen LogP contribution in [0.5, 0.6) is 0 Å². The van der Waals surface area contributed by atoms with Crippen LogP contribution in [0.25, 0.3) is 0 Å². The molecule has 0 bridgehead atoms. The SMILES string of the molecule is COCC(C)OCc1ccc(CN)s1. The maximum absolute atomic E-state index is 5.57. The van der Waals surface area contributed by atoms with E-state index >= 15 is 0 Å². The minimum atomic E-state index is 0.142. The van der Waals surface area contributed by atoms with Crippen LogP contribution in [0, 0.1) is 0 Å². The summed E-state index contributed by atoms with van der Waals surface area (Å²) in [6, 6.07) is 4.11. The molecule has 4 heteroatoms. The van der Waals surface area contributed by atoms with E-state index in [1.165, 1.54) is 9.75 Å². The zero-order chi connectivity index (χ0) is 10.4. The first-order chi connectivity index (χ1) is 6.76. The highest BCUT2D eigenvalue weighted by Crippen LogP contribution is 2.17. The van der Waals surface area contributed by atoms with Crippen molar-refractivity contribution >= 4 is 11.3 Å². The van der Waals surface area contributed by atoms with Crippen molar-refractivity contribution in [3.8, 4) is 0 Å². The van der Waals surface area contributed by atoms with E-state index in [0.29, 0.717) is 19.8 Å². The van der Waals surface area contributed by atoms with Gasteiger partial charge in [0.2, 0.25) is 0 Å². The number of thiophene rings is 1. The van der Waals surface area contributed by atoms with Gasteiger partial charge in [-0.05, 0) is 19.1 Å². The van der Waals surface area contributed by atoms with Gasteiger partial charge in [-0.25, -0.2) is 0 Å². The van der Waals surface area contributed by atoms with E-state index in [2.05, 4.69) is 6.07 Å². The lowest BCUT2D eigenvalue weighted by Crippen LogP contribution is -2.14. The molecule has 0 aromatic carbocycles. The number of methoxy groups -OCH3 is 1. The third-order valence-corrected chi connectivity index (χ3v) is 2.91. The number of nitrogens with two attached hydrogens (primary N) is 1. The summed E-state index contributed by atoms with van der Waals surface area (Å²) < 4.78 is 10.5. The van der Waals surface area contributed by atoms with Gasteiger partial charge in [0, 0.05) is 23.4 Å². The first-order valence-electron chi connectivity index (χ1n) is 4.64. The molecule has 3 nitrogen and oxygen atoms in total. The van der Waals surface area contributed by atoms with Crippen molar-refractivity contribution in [1.82, 2.24) is 0 Å². The summed E-state index contributed by atoms with van der Waals surface area (Å²) in [7, 11) is 1.68. The molecule has 0 saturated carbocycles. The largest absolute Gasteiger partial charge is 0.382 e. The minimum Gasteiger partial charge on any atom is -0.382 e. The smallest absolute Gasteiger partial charge is 0.0814 e. The molecule has 0 aliphatic carbocycles. The molecular weight excluding hydrogens is 198 g/mol. The fourth-order valence-electron chi connectivity index (χ4n) is 1.12. The Morgan fingerprint density at radius 3 is 2.71 bits per heavy atom. The fraction of sp³-hybridized carbons (Fsp3) is 0.600. The van der Waals surface area contributed by atoms with Crippen LogP contribution in [0.4, 0.5) is 0 Å². The molecule has 1 rings (SSSR count). The van der Waals surface area contributed by atoms with Crippen LogP contribution < -0.4 is 5.73 Å². The first kappa shape index (κ1) is 11.7. The molecule has 1 unspecified atom stereocenters. The summed E-state index contributed by atoms with van der Waals surface area (Å²) in [5.74, 6) is 0. The molecular formula is C10H17NO2S. The van der Waals surface area contributed by atoms with Crippen LogP contribution in [0.2, 0.25) is 0 Å². The summed E-state index contributed by atoms with van der Waals surface area (Å²) in [5.41, 5.74) is 5.52. The molecule has 0 aliphatic rings. The van der Waals surface area contributed by atoms with E-state index in [0.717, 1.165) is 0 Å². The van der Waals surface area contributed by atoms with Gasteiger partial charge in [-0.3, -0.25) is 0 Å². The molecule has 0 radical (unpaired) electrons. The van der Waals surface area contributed by atoms with Crippen LogP contribution in [-0.2, 0) is 22.6 Å². The number of hydrogen-bond donors (Lipinski definition) is 1. The molecule has 1 atom stereocenters. The topological polar surface area (TPSA) is 44.5 Å². The van der Waals surface area contributed by atoms with Crippen LogP contribution in [0.1, 0.15) is 16.7 Å². The molecule has 80 valence electrons. The Morgan fingerprint density at radius 1 is 1.43 bits per heavy atom. The van der Waals surface area contributed by atoms with E-state index in [1.807, 2.05) is 13.0 Å². The molecule has 0 amide bonds. The second-order valence-electron chi connectivity index (χ2n) is 3.15. The molecule has 1 aromatic rings. The molecule has 1 heterocycles. The third kappa shape index (κ3) is 3.75. The van der Waals surface area contributed by atoms with Gasteiger partial charge in [0.05, 0.1) is 19.3 Å². The maximum atomic E-state index is 5.57. The quantitative estimate of drug-likeness (QED) is 0.786. The summed E-state index contributed by atoms with van der Waals surface area (Å²) in [4.78, 5) is 2.41. The monoisotopic (exact) mass is 215 g/mol. The standard InChI is InChI=1S/C10H17NO2S/c1-8(6-12-2)13-7-10-4-3-9(5-11)14-10/h3-4,8H,5-7,11H2,1-2H3. The van der Waals surface area contributed by atoms with E-state index < -0.39 is 0 Å². The van der Waals surface area contributed by atoms with E-state index in [1.54, 1.807) is 18.4 Å². The van der Waals surface area contributed by atoms with Crippen molar-refractivity contribution in [2.45, 2.75) is 26.2 Å². The summed E-state index contributed by atoms with van der Waals surface area (Å²) >= 11 is 1.70. The lowest BCUT2D eigenvalue weighted by atomic mass is 10.4. The Bertz CT molecular complexity index is 262. The van der Waals surface area contributed by atoms with E-state index in [-0.39, 0.29) is 6.10 Å². The van der Waals surface area contributed by atoms with Crippen molar-refractivity contribution < 1.29 is 9.47 Å². The Labute approximate surface area is 88.8 Å². The van der Waals surface area contributed by atoms with Gasteiger partial charge in [-0.1, -0.05) is 0 Å². The predicted octanol–water partition coefficient (Wildman–Crippen LogP) is 1.76. The zero-order valence-corrected chi connectivity index (χ0v) is 9.47. The number of ether oxygens (including phenoxy) is 2. The van der Waals surface area contributed by atoms with Gasteiger partial charge < -0.3 is 15.2 Å². The lowest BCUT2D eigenvalue weighted by Gasteiger charge is -2.10. The molecule has 14 heavy (non-hydrogen) atoms. The van der Waals surface area contributed by atoms with Crippen molar-refractivity contribution in [3.63, 3.8) is 0 Å². The Morgan fingerprint density at radius 2 is 2.14 bits per heavy atom. The van der Waals surface area contributed by atoms with Crippen LogP contribution in [0.15, 0.2) is 12.1 Å². The normalized spacial score (nSPS) is 13.1. The van der Waals surface area contributed by atoms with Gasteiger partial charge in [0.25, 0.3) is 0 Å². The van der Waals surface area contributed by atoms with Gasteiger partial charge in [-0.2, -0.15) is 0 Å². The summed E-state index contributed by atoms with van der Waals surface area (Å²) in [6.07, 6.45) is 0.142. The second-order valence-corrected chi connectivity index (χ2v) is 4.40. The van der Waals surface area contributed by atoms with Crippen LogP contribution >= 0.6 is 11.3 Å². The van der Waals surface area contributed by atoms with E-state index in [9.17, 15) is 0 Å². The van der Waals surface area contributed by atoms with Crippen LogP contribution in [0.3, 0.4) is 0 Å².